The second-order valence-corrected chi connectivity index (χ2v) is 5.81. The maximum Gasteiger partial charge on any atom is 0.212 e. The van der Waals surface area contributed by atoms with Crippen LogP contribution in [-0.4, -0.2) is 9.55 Å². The van der Waals surface area contributed by atoms with Crippen LogP contribution >= 0.6 is 15.9 Å². The molecule has 3 nitrogen and oxygen atoms in total. The van der Waals surface area contributed by atoms with Gasteiger partial charge in [-0.1, -0.05) is 40.2 Å². The first-order valence-electron chi connectivity index (χ1n) is 6.78. The van der Waals surface area contributed by atoms with Gasteiger partial charge in [0.15, 0.2) is 0 Å². The molecule has 0 saturated heterocycles. The molecule has 0 aliphatic rings. The number of hydrogen-bond donors (Lipinski definition) is 1. The van der Waals surface area contributed by atoms with Crippen molar-refractivity contribution in [2.75, 3.05) is 5.32 Å². The Labute approximate surface area is 132 Å². The van der Waals surface area contributed by atoms with Crippen molar-refractivity contribution in [1.29, 1.82) is 0 Å². The van der Waals surface area contributed by atoms with Gasteiger partial charge in [0.1, 0.15) is 0 Å². The summed E-state index contributed by atoms with van der Waals surface area (Å²) in [5.74, 6) is 0.819. The molecule has 0 atom stereocenters. The van der Waals surface area contributed by atoms with Crippen LogP contribution in [0.2, 0.25) is 0 Å². The van der Waals surface area contributed by atoms with Gasteiger partial charge in [0.25, 0.3) is 0 Å². The van der Waals surface area contributed by atoms with Crippen LogP contribution in [0.25, 0.3) is 5.69 Å². The molecule has 3 rings (SSSR count). The highest BCUT2D eigenvalue weighted by Crippen LogP contribution is 2.26. The minimum absolute atomic E-state index is 0.819. The molecule has 0 unspecified atom stereocenters. The van der Waals surface area contributed by atoms with E-state index in [1.807, 2.05) is 55.6 Å². The summed E-state index contributed by atoms with van der Waals surface area (Å²) < 4.78 is 3.18. The van der Waals surface area contributed by atoms with Crippen molar-refractivity contribution in [1.82, 2.24) is 9.55 Å². The number of anilines is 2. The zero-order valence-corrected chi connectivity index (χ0v) is 13.6. The maximum absolute atomic E-state index is 4.59. The molecule has 21 heavy (non-hydrogen) atoms. The van der Waals surface area contributed by atoms with E-state index in [-0.39, 0.29) is 0 Å². The van der Waals surface area contributed by atoms with E-state index >= 15 is 0 Å². The number of imidazole rings is 1. The van der Waals surface area contributed by atoms with Crippen LogP contribution in [0.4, 0.5) is 11.6 Å². The van der Waals surface area contributed by atoms with Crippen molar-refractivity contribution >= 4 is 27.6 Å². The molecule has 0 saturated carbocycles. The predicted molar refractivity (Wildman–Crippen MR) is 90.5 cm³/mol. The van der Waals surface area contributed by atoms with Crippen molar-refractivity contribution in [3.63, 3.8) is 0 Å². The number of nitrogens with zero attached hydrogens (tertiary/aromatic N) is 2. The van der Waals surface area contributed by atoms with Gasteiger partial charge in [-0.2, -0.15) is 0 Å². The smallest absolute Gasteiger partial charge is 0.212 e. The fourth-order valence-corrected chi connectivity index (χ4v) is 2.63. The fraction of sp³-hybridized carbons (Fsp3) is 0.118. The topological polar surface area (TPSA) is 29.9 Å². The fourth-order valence-electron chi connectivity index (χ4n) is 2.28. The molecule has 1 heterocycles. The van der Waals surface area contributed by atoms with Crippen LogP contribution in [0.1, 0.15) is 11.3 Å². The van der Waals surface area contributed by atoms with Crippen LogP contribution in [0.15, 0.2) is 59.2 Å². The third kappa shape index (κ3) is 2.85. The summed E-state index contributed by atoms with van der Waals surface area (Å²) in [5.41, 5.74) is 4.30. The van der Waals surface area contributed by atoms with E-state index in [2.05, 4.69) is 43.8 Å². The van der Waals surface area contributed by atoms with Gasteiger partial charge >= 0.3 is 0 Å². The minimum Gasteiger partial charge on any atom is -0.325 e. The van der Waals surface area contributed by atoms with Gasteiger partial charge in [-0.3, -0.25) is 4.57 Å². The van der Waals surface area contributed by atoms with Crippen LogP contribution in [0, 0.1) is 13.8 Å². The van der Waals surface area contributed by atoms with Crippen molar-refractivity contribution in [2.24, 2.45) is 0 Å². The predicted octanol–water partition coefficient (Wildman–Crippen LogP) is 5.00. The average molecular weight is 342 g/mol. The van der Waals surface area contributed by atoms with Crippen molar-refractivity contribution in [3.05, 3.63) is 70.5 Å². The first-order valence-corrected chi connectivity index (χ1v) is 7.58. The molecule has 106 valence electrons. The second kappa shape index (κ2) is 5.74. The van der Waals surface area contributed by atoms with Gasteiger partial charge in [-0.05, 0) is 43.7 Å². The number of halogens is 1. The molecule has 0 spiro atoms. The second-order valence-electron chi connectivity index (χ2n) is 4.95. The molecule has 0 fully saturated rings. The van der Waals surface area contributed by atoms with Crippen LogP contribution in [-0.2, 0) is 0 Å². The summed E-state index contributed by atoms with van der Waals surface area (Å²) in [6.45, 7) is 4.10. The summed E-state index contributed by atoms with van der Waals surface area (Å²) in [5, 5.41) is 3.38. The Bertz CT molecular complexity index is 763. The summed E-state index contributed by atoms with van der Waals surface area (Å²) >= 11 is 3.59. The Morgan fingerprint density at radius 2 is 1.76 bits per heavy atom. The van der Waals surface area contributed by atoms with E-state index in [0.717, 1.165) is 27.5 Å². The highest BCUT2D eigenvalue weighted by atomic mass is 79.9. The molecule has 2 aromatic carbocycles. The maximum atomic E-state index is 4.59. The lowest BCUT2D eigenvalue weighted by atomic mass is 10.2. The van der Waals surface area contributed by atoms with Gasteiger partial charge in [0.2, 0.25) is 5.95 Å². The average Bonchev–Trinajstić information content (AvgIpc) is 2.83. The first-order chi connectivity index (χ1) is 10.1. The van der Waals surface area contributed by atoms with E-state index in [4.69, 9.17) is 0 Å². The standard InChI is InChI=1S/C17H16BrN3/c1-12-11-21(16-10-6-9-15(18)13(16)2)17(19-12)20-14-7-4-3-5-8-14/h3-11H,1-2H3,(H,19,20). The quantitative estimate of drug-likeness (QED) is 0.726. The number of para-hydroxylation sites is 1. The van der Waals surface area contributed by atoms with Crippen molar-refractivity contribution in [3.8, 4) is 5.69 Å². The molecular weight excluding hydrogens is 326 g/mol. The molecule has 1 N–H and O–H groups in total. The number of hydrogen-bond acceptors (Lipinski definition) is 2. The van der Waals surface area contributed by atoms with Gasteiger partial charge in [0, 0.05) is 16.4 Å². The molecule has 0 amide bonds. The zero-order chi connectivity index (χ0) is 14.8. The molecule has 0 bridgehead atoms. The lowest BCUT2D eigenvalue weighted by Gasteiger charge is -2.13. The zero-order valence-electron chi connectivity index (χ0n) is 12.0. The number of aryl methyl sites for hydroxylation is 1. The lowest BCUT2D eigenvalue weighted by Crippen LogP contribution is -2.02. The summed E-state index contributed by atoms with van der Waals surface area (Å²) in [6, 6.07) is 16.3. The number of aromatic nitrogens is 2. The Morgan fingerprint density at radius 3 is 2.52 bits per heavy atom. The van der Waals surface area contributed by atoms with Crippen molar-refractivity contribution in [2.45, 2.75) is 13.8 Å². The van der Waals surface area contributed by atoms with E-state index in [0.29, 0.717) is 0 Å². The molecule has 0 aliphatic heterocycles. The molecule has 0 radical (unpaired) electrons. The van der Waals surface area contributed by atoms with Gasteiger partial charge < -0.3 is 5.32 Å². The first kappa shape index (κ1) is 13.9. The highest BCUT2D eigenvalue weighted by molar-refractivity contribution is 9.10. The largest absolute Gasteiger partial charge is 0.325 e. The normalized spacial score (nSPS) is 10.6. The summed E-state index contributed by atoms with van der Waals surface area (Å²) in [6.07, 6.45) is 2.04. The molecular formula is C17H16BrN3. The van der Waals surface area contributed by atoms with E-state index in [9.17, 15) is 0 Å². The third-order valence-electron chi connectivity index (χ3n) is 3.35. The van der Waals surface area contributed by atoms with Gasteiger partial charge in [-0.25, -0.2) is 4.98 Å². The van der Waals surface area contributed by atoms with Gasteiger partial charge in [0.05, 0.1) is 11.4 Å². The summed E-state index contributed by atoms with van der Waals surface area (Å²) in [7, 11) is 0. The van der Waals surface area contributed by atoms with E-state index in [1.54, 1.807) is 0 Å². The van der Waals surface area contributed by atoms with Crippen molar-refractivity contribution < 1.29 is 0 Å². The Hall–Kier alpha value is -2.07. The molecule has 4 heteroatoms. The Morgan fingerprint density at radius 1 is 1.00 bits per heavy atom. The SMILES string of the molecule is Cc1cn(-c2cccc(Br)c2C)c(Nc2ccccc2)n1. The van der Waals surface area contributed by atoms with Crippen LogP contribution in [0.5, 0.6) is 0 Å². The van der Waals surface area contributed by atoms with Crippen LogP contribution in [0.3, 0.4) is 0 Å². The molecule has 1 aromatic heterocycles. The van der Waals surface area contributed by atoms with Gasteiger partial charge in [-0.15, -0.1) is 0 Å². The minimum atomic E-state index is 0.819. The third-order valence-corrected chi connectivity index (χ3v) is 4.21. The highest BCUT2D eigenvalue weighted by Gasteiger charge is 2.11. The summed E-state index contributed by atoms with van der Waals surface area (Å²) in [4.78, 5) is 4.59. The number of benzene rings is 2. The lowest BCUT2D eigenvalue weighted by molar-refractivity contribution is 1.04. The van der Waals surface area contributed by atoms with E-state index < -0.39 is 0 Å². The molecule has 0 aliphatic carbocycles. The Kier molecular flexibility index (Phi) is 3.80. The molecule has 3 aromatic rings. The van der Waals surface area contributed by atoms with E-state index in [1.165, 1.54) is 5.56 Å². The number of nitrogens with one attached hydrogen (secondary N) is 1. The number of rotatable bonds is 3. The Balaban J connectivity index is 2.06. The monoisotopic (exact) mass is 341 g/mol. The van der Waals surface area contributed by atoms with Crippen LogP contribution < -0.4 is 5.32 Å².